The number of halogens is 1. The van der Waals surface area contributed by atoms with Gasteiger partial charge in [0.25, 0.3) is 0 Å². The Kier molecular flexibility index (Phi) is 10.5. The van der Waals surface area contributed by atoms with E-state index >= 15 is 0 Å². The maximum atomic E-state index is 9.10. The summed E-state index contributed by atoms with van der Waals surface area (Å²) in [5.41, 5.74) is 0. The molecule has 1 spiro atoms. The molecule has 31 heavy (non-hydrogen) atoms. The highest BCUT2D eigenvalue weighted by atomic mass is 35.5. The molecule has 0 bridgehead atoms. The fourth-order valence-corrected chi connectivity index (χ4v) is 4.07. The SMILES string of the molecule is CCCCCN1CCC(CCOc2cccc(Cl)c2)C2(C1)OCCO2.O=C(O)C(=O)O. The second-order valence-electron chi connectivity index (χ2n) is 7.68. The van der Waals surface area contributed by atoms with Crippen LogP contribution in [0, 0.1) is 5.92 Å². The Balaban J connectivity index is 0.000000501. The van der Waals surface area contributed by atoms with Gasteiger partial charge in [-0.15, -0.1) is 0 Å². The van der Waals surface area contributed by atoms with Crippen molar-refractivity contribution in [3.05, 3.63) is 29.3 Å². The number of carboxylic acids is 2. The Morgan fingerprint density at radius 3 is 2.55 bits per heavy atom. The zero-order chi connectivity index (χ0) is 22.7. The van der Waals surface area contributed by atoms with Crippen molar-refractivity contribution in [2.24, 2.45) is 5.92 Å². The Labute approximate surface area is 188 Å². The number of nitrogens with zero attached hydrogens (tertiary/aromatic N) is 1. The number of ether oxygens (including phenoxy) is 3. The topological polar surface area (TPSA) is 106 Å². The normalized spacial score (nSPS) is 20.1. The van der Waals surface area contributed by atoms with Crippen molar-refractivity contribution in [2.45, 2.75) is 44.8 Å². The zero-order valence-corrected chi connectivity index (χ0v) is 18.7. The van der Waals surface area contributed by atoms with E-state index in [1.54, 1.807) is 0 Å². The smallest absolute Gasteiger partial charge is 0.414 e. The van der Waals surface area contributed by atoms with Gasteiger partial charge in [0.05, 0.1) is 26.4 Å². The summed E-state index contributed by atoms with van der Waals surface area (Å²) >= 11 is 6.01. The number of carbonyl (C=O) groups is 2. The van der Waals surface area contributed by atoms with Crippen LogP contribution in [0.15, 0.2) is 24.3 Å². The summed E-state index contributed by atoms with van der Waals surface area (Å²) in [6, 6.07) is 7.58. The third-order valence-corrected chi connectivity index (χ3v) is 5.66. The number of hydrogen-bond acceptors (Lipinski definition) is 6. The standard InChI is InChI=1S/C20H30ClNO3.C2H2O4/c1-2-3-4-10-22-11-8-17(20(16-22)24-13-14-25-20)9-12-23-19-7-5-6-18(21)15-19;3-1(4)2(5)6/h5-7,15,17H,2-4,8-14,16H2,1H3;(H,3,4)(H,5,6). The van der Waals surface area contributed by atoms with Crippen molar-refractivity contribution in [1.82, 2.24) is 4.90 Å². The van der Waals surface area contributed by atoms with Gasteiger partial charge < -0.3 is 24.4 Å². The fraction of sp³-hybridized carbons (Fsp3) is 0.636. The van der Waals surface area contributed by atoms with Crippen molar-refractivity contribution in [3.63, 3.8) is 0 Å². The van der Waals surface area contributed by atoms with E-state index in [-0.39, 0.29) is 0 Å². The molecule has 1 atom stereocenters. The molecule has 174 valence electrons. The highest BCUT2D eigenvalue weighted by Crippen LogP contribution is 2.37. The van der Waals surface area contributed by atoms with Crippen LogP contribution in [0.2, 0.25) is 5.02 Å². The number of hydrogen-bond donors (Lipinski definition) is 2. The average Bonchev–Trinajstić information content (AvgIpc) is 3.19. The van der Waals surface area contributed by atoms with Crippen molar-refractivity contribution in [1.29, 1.82) is 0 Å². The van der Waals surface area contributed by atoms with Gasteiger partial charge in [0.15, 0.2) is 5.79 Å². The molecule has 2 fully saturated rings. The van der Waals surface area contributed by atoms with Gasteiger partial charge >= 0.3 is 11.9 Å². The molecule has 2 aliphatic rings. The van der Waals surface area contributed by atoms with Gasteiger partial charge in [-0.2, -0.15) is 0 Å². The van der Waals surface area contributed by atoms with Crippen LogP contribution in [0.5, 0.6) is 5.75 Å². The van der Waals surface area contributed by atoms with E-state index in [1.807, 2.05) is 24.3 Å². The number of likely N-dealkylation sites (tertiary alicyclic amines) is 1. The highest BCUT2D eigenvalue weighted by Gasteiger charge is 2.47. The van der Waals surface area contributed by atoms with Gasteiger partial charge in [0.1, 0.15) is 5.75 Å². The Hall–Kier alpha value is -1.87. The third kappa shape index (κ3) is 8.29. The first-order valence-electron chi connectivity index (χ1n) is 10.7. The molecule has 1 aromatic carbocycles. The number of benzene rings is 1. The minimum absolute atomic E-state index is 0.386. The van der Waals surface area contributed by atoms with Crippen LogP contribution in [-0.2, 0) is 19.1 Å². The van der Waals surface area contributed by atoms with Gasteiger partial charge in [-0.25, -0.2) is 9.59 Å². The quantitative estimate of drug-likeness (QED) is 0.451. The predicted octanol–water partition coefficient (Wildman–Crippen LogP) is 3.52. The van der Waals surface area contributed by atoms with E-state index in [9.17, 15) is 0 Å². The van der Waals surface area contributed by atoms with Gasteiger partial charge in [0, 0.05) is 10.9 Å². The lowest BCUT2D eigenvalue weighted by Crippen LogP contribution is -2.55. The molecule has 0 saturated carbocycles. The molecule has 2 heterocycles. The van der Waals surface area contributed by atoms with Crippen LogP contribution in [-0.4, -0.2) is 72.3 Å². The first kappa shape index (κ1) is 25.4. The molecule has 0 amide bonds. The Morgan fingerprint density at radius 2 is 1.94 bits per heavy atom. The van der Waals surface area contributed by atoms with Gasteiger partial charge in [-0.1, -0.05) is 37.4 Å². The summed E-state index contributed by atoms with van der Waals surface area (Å²) in [5.74, 6) is -2.87. The summed E-state index contributed by atoms with van der Waals surface area (Å²) < 4.78 is 18.1. The van der Waals surface area contributed by atoms with Crippen LogP contribution in [0.3, 0.4) is 0 Å². The second kappa shape index (κ2) is 12.9. The zero-order valence-electron chi connectivity index (χ0n) is 17.9. The molecule has 2 N–H and O–H groups in total. The van der Waals surface area contributed by atoms with E-state index in [1.165, 1.54) is 19.3 Å². The first-order valence-corrected chi connectivity index (χ1v) is 11.1. The number of rotatable bonds is 8. The lowest BCUT2D eigenvalue weighted by Gasteiger charge is -2.44. The van der Waals surface area contributed by atoms with E-state index < -0.39 is 17.7 Å². The van der Waals surface area contributed by atoms with Crippen LogP contribution in [0.4, 0.5) is 0 Å². The van der Waals surface area contributed by atoms with E-state index in [4.69, 9.17) is 45.6 Å². The van der Waals surface area contributed by atoms with Crippen LogP contribution < -0.4 is 4.74 Å². The van der Waals surface area contributed by atoms with E-state index in [0.717, 1.165) is 38.2 Å². The lowest BCUT2D eigenvalue weighted by molar-refractivity contribution is -0.226. The molecular formula is C22H32ClNO7. The van der Waals surface area contributed by atoms with Crippen LogP contribution in [0.1, 0.15) is 39.0 Å². The van der Waals surface area contributed by atoms with Crippen molar-refractivity contribution < 1.29 is 34.0 Å². The molecule has 2 saturated heterocycles. The maximum absolute atomic E-state index is 9.10. The van der Waals surface area contributed by atoms with Crippen molar-refractivity contribution >= 4 is 23.5 Å². The average molecular weight is 458 g/mol. The van der Waals surface area contributed by atoms with Crippen LogP contribution >= 0.6 is 11.6 Å². The summed E-state index contributed by atoms with van der Waals surface area (Å²) in [7, 11) is 0. The molecule has 0 aliphatic carbocycles. The molecule has 2 aliphatic heterocycles. The van der Waals surface area contributed by atoms with Gasteiger partial charge in [0.2, 0.25) is 0 Å². The van der Waals surface area contributed by atoms with Crippen LogP contribution in [0.25, 0.3) is 0 Å². The van der Waals surface area contributed by atoms with Gasteiger partial charge in [-0.3, -0.25) is 4.90 Å². The lowest BCUT2D eigenvalue weighted by atomic mass is 9.87. The highest BCUT2D eigenvalue weighted by molar-refractivity contribution is 6.30. The van der Waals surface area contributed by atoms with Crippen molar-refractivity contribution in [2.75, 3.05) is 39.5 Å². The van der Waals surface area contributed by atoms with Gasteiger partial charge in [-0.05, 0) is 50.6 Å². The molecule has 1 aromatic rings. The largest absolute Gasteiger partial charge is 0.494 e. The maximum Gasteiger partial charge on any atom is 0.414 e. The minimum atomic E-state index is -1.82. The molecule has 0 radical (unpaired) electrons. The first-order chi connectivity index (χ1) is 14.9. The van der Waals surface area contributed by atoms with E-state index in [2.05, 4.69) is 11.8 Å². The number of piperidine rings is 1. The summed E-state index contributed by atoms with van der Waals surface area (Å²) in [5, 5.41) is 15.5. The molecular weight excluding hydrogens is 426 g/mol. The monoisotopic (exact) mass is 457 g/mol. The number of aliphatic carboxylic acids is 2. The second-order valence-corrected chi connectivity index (χ2v) is 8.12. The van der Waals surface area contributed by atoms with E-state index in [0.29, 0.717) is 30.8 Å². The molecule has 1 unspecified atom stereocenters. The predicted molar refractivity (Wildman–Crippen MR) is 116 cm³/mol. The minimum Gasteiger partial charge on any atom is -0.494 e. The third-order valence-electron chi connectivity index (χ3n) is 5.43. The number of carboxylic acid groups (broad SMARTS) is 2. The van der Waals surface area contributed by atoms with Crippen molar-refractivity contribution in [3.8, 4) is 5.75 Å². The molecule has 8 nitrogen and oxygen atoms in total. The molecule has 0 aromatic heterocycles. The fourth-order valence-electron chi connectivity index (χ4n) is 3.89. The molecule has 9 heteroatoms. The summed E-state index contributed by atoms with van der Waals surface area (Å²) in [4.78, 5) is 20.7. The number of unbranched alkanes of at least 4 members (excludes halogenated alkanes) is 2. The summed E-state index contributed by atoms with van der Waals surface area (Å²) in [6.07, 6.45) is 5.85. The Bertz CT molecular complexity index is 697. The summed E-state index contributed by atoms with van der Waals surface area (Å²) in [6.45, 7) is 7.47. The Morgan fingerprint density at radius 1 is 1.23 bits per heavy atom. The molecule has 3 rings (SSSR count).